The molecule has 1 aromatic carbocycles. The van der Waals surface area contributed by atoms with Gasteiger partial charge in [-0.1, -0.05) is 12.1 Å². The summed E-state index contributed by atoms with van der Waals surface area (Å²) in [6.07, 6.45) is 1.82. The van der Waals surface area contributed by atoms with E-state index in [0.717, 1.165) is 35.0 Å². The van der Waals surface area contributed by atoms with E-state index < -0.39 is 0 Å². The lowest BCUT2D eigenvalue weighted by Gasteiger charge is -2.13. The molecule has 3 rings (SSSR count). The lowest BCUT2D eigenvalue weighted by Crippen LogP contribution is -2.18. The van der Waals surface area contributed by atoms with E-state index in [9.17, 15) is 4.39 Å². The summed E-state index contributed by atoms with van der Waals surface area (Å²) < 4.78 is 14.8. The maximum absolute atomic E-state index is 13.6. The van der Waals surface area contributed by atoms with Crippen LogP contribution >= 0.6 is 27.3 Å². The standard InChI is InChI=1S/C14H13BrFNS/c15-11-6-7-18-14(11)8-17-13-5-4-9-10(13)2-1-3-12(9)16/h1-3,6-7,13,17H,4-5,8H2. The molecule has 1 aliphatic rings. The molecule has 1 heterocycles. The van der Waals surface area contributed by atoms with Crippen LogP contribution in [0.5, 0.6) is 0 Å². The van der Waals surface area contributed by atoms with Crippen LogP contribution in [0.25, 0.3) is 0 Å². The lowest BCUT2D eigenvalue weighted by molar-refractivity contribution is 0.533. The summed E-state index contributed by atoms with van der Waals surface area (Å²) in [7, 11) is 0. The molecule has 18 heavy (non-hydrogen) atoms. The zero-order valence-corrected chi connectivity index (χ0v) is 12.2. The Morgan fingerprint density at radius 1 is 1.39 bits per heavy atom. The van der Waals surface area contributed by atoms with E-state index in [4.69, 9.17) is 0 Å². The van der Waals surface area contributed by atoms with E-state index in [1.54, 1.807) is 23.5 Å². The molecule has 0 saturated carbocycles. The van der Waals surface area contributed by atoms with Crippen molar-refractivity contribution in [3.63, 3.8) is 0 Å². The van der Waals surface area contributed by atoms with Crippen molar-refractivity contribution in [3.8, 4) is 0 Å². The van der Waals surface area contributed by atoms with Crippen LogP contribution in [0, 0.1) is 5.82 Å². The summed E-state index contributed by atoms with van der Waals surface area (Å²) in [6, 6.07) is 7.73. The molecule has 0 spiro atoms. The van der Waals surface area contributed by atoms with Gasteiger partial charge in [-0.05, 0) is 57.4 Å². The van der Waals surface area contributed by atoms with Gasteiger partial charge in [0.2, 0.25) is 0 Å². The van der Waals surface area contributed by atoms with Crippen LogP contribution in [0.4, 0.5) is 4.39 Å². The minimum absolute atomic E-state index is 0.0610. The highest BCUT2D eigenvalue weighted by Crippen LogP contribution is 2.33. The van der Waals surface area contributed by atoms with Gasteiger partial charge >= 0.3 is 0 Å². The minimum atomic E-state index is -0.0610. The van der Waals surface area contributed by atoms with E-state index in [1.165, 1.54) is 4.88 Å². The molecule has 94 valence electrons. The number of halogens is 2. The fraction of sp³-hybridized carbons (Fsp3) is 0.286. The lowest BCUT2D eigenvalue weighted by atomic mass is 10.1. The number of hydrogen-bond acceptors (Lipinski definition) is 2. The Hall–Kier alpha value is -0.710. The van der Waals surface area contributed by atoms with Gasteiger partial charge in [0, 0.05) is 21.9 Å². The van der Waals surface area contributed by atoms with Gasteiger partial charge in [-0.25, -0.2) is 4.39 Å². The third kappa shape index (κ3) is 2.25. The Morgan fingerprint density at radius 2 is 2.28 bits per heavy atom. The second-order valence-corrected chi connectivity index (χ2v) is 6.33. The van der Waals surface area contributed by atoms with E-state index in [0.29, 0.717) is 0 Å². The summed E-state index contributed by atoms with van der Waals surface area (Å²) in [4.78, 5) is 1.29. The molecule has 0 aliphatic heterocycles. The molecule has 1 aromatic heterocycles. The average molecular weight is 326 g/mol. The van der Waals surface area contributed by atoms with Crippen molar-refractivity contribution >= 4 is 27.3 Å². The van der Waals surface area contributed by atoms with Crippen LogP contribution in [-0.4, -0.2) is 0 Å². The largest absolute Gasteiger partial charge is 0.305 e. The number of nitrogens with one attached hydrogen (secondary N) is 1. The number of fused-ring (bicyclic) bond motifs is 1. The first-order valence-corrected chi connectivity index (χ1v) is 7.65. The van der Waals surface area contributed by atoms with Crippen molar-refractivity contribution < 1.29 is 4.39 Å². The van der Waals surface area contributed by atoms with Gasteiger partial charge in [0.1, 0.15) is 5.82 Å². The zero-order chi connectivity index (χ0) is 12.5. The van der Waals surface area contributed by atoms with Gasteiger partial charge < -0.3 is 5.32 Å². The zero-order valence-electron chi connectivity index (χ0n) is 9.75. The summed E-state index contributed by atoms with van der Waals surface area (Å²) in [5, 5.41) is 5.59. The van der Waals surface area contributed by atoms with Gasteiger partial charge in [-0.3, -0.25) is 0 Å². The molecule has 1 nitrogen and oxygen atoms in total. The highest BCUT2D eigenvalue weighted by Gasteiger charge is 2.24. The van der Waals surface area contributed by atoms with Crippen LogP contribution in [0.3, 0.4) is 0 Å². The topological polar surface area (TPSA) is 12.0 Å². The Morgan fingerprint density at radius 3 is 3.06 bits per heavy atom. The van der Waals surface area contributed by atoms with Crippen molar-refractivity contribution in [2.24, 2.45) is 0 Å². The van der Waals surface area contributed by atoms with Crippen molar-refractivity contribution in [3.05, 3.63) is 55.9 Å². The first-order valence-electron chi connectivity index (χ1n) is 5.98. The van der Waals surface area contributed by atoms with E-state index in [-0.39, 0.29) is 11.9 Å². The summed E-state index contributed by atoms with van der Waals surface area (Å²) in [5.74, 6) is -0.0610. The molecule has 0 amide bonds. The second kappa shape index (κ2) is 5.11. The van der Waals surface area contributed by atoms with Crippen LogP contribution in [0.1, 0.15) is 28.5 Å². The molecule has 0 bridgehead atoms. The maximum Gasteiger partial charge on any atom is 0.126 e. The molecular formula is C14H13BrFNS. The van der Waals surface area contributed by atoms with Crippen molar-refractivity contribution in [1.82, 2.24) is 5.32 Å². The fourth-order valence-electron chi connectivity index (χ4n) is 2.49. The van der Waals surface area contributed by atoms with Gasteiger partial charge in [-0.2, -0.15) is 0 Å². The van der Waals surface area contributed by atoms with Crippen molar-refractivity contribution in [2.75, 3.05) is 0 Å². The van der Waals surface area contributed by atoms with Gasteiger partial charge in [0.15, 0.2) is 0 Å². The predicted octanol–water partition coefficient (Wildman–Crippen LogP) is 4.43. The molecule has 1 N–H and O–H groups in total. The monoisotopic (exact) mass is 325 g/mol. The second-order valence-electron chi connectivity index (χ2n) is 4.47. The van der Waals surface area contributed by atoms with Crippen LogP contribution in [-0.2, 0) is 13.0 Å². The van der Waals surface area contributed by atoms with E-state index in [1.807, 2.05) is 6.07 Å². The normalized spacial score (nSPS) is 18.0. The SMILES string of the molecule is Fc1cccc2c1CCC2NCc1sccc1Br. The molecule has 0 fully saturated rings. The van der Waals surface area contributed by atoms with Gasteiger partial charge in [0.05, 0.1) is 0 Å². The molecule has 2 aromatic rings. The molecular weight excluding hydrogens is 313 g/mol. The summed E-state index contributed by atoms with van der Waals surface area (Å²) in [6.45, 7) is 0.832. The molecule has 0 saturated heterocycles. The Labute approximate surface area is 118 Å². The molecule has 0 radical (unpaired) electrons. The van der Waals surface area contributed by atoms with Crippen molar-refractivity contribution in [2.45, 2.75) is 25.4 Å². The Kier molecular flexibility index (Phi) is 3.50. The van der Waals surface area contributed by atoms with Crippen molar-refractivity contribution in [1.29, 1.82) is 0 Å². The highest BCUT2D eigenvalue weighted by molar-refractivity contribution is 9.10. The summed E-state index contributed by atoms with van der Waals surface area (Å²) in [5.41, 5.74) is 2.02. The summed E-state index contributed by atoms with van der Waals surface area (Å²) >= 11 is 5.26. The molecule has 1 unspecified atom stereocenters. The highest BCUT2D eigenvalue weighted by atomic mass is 79.9. The molecule has 1 aliphatic carbocycles. The Balaban J connectivity index is 1.74. The third-order valence-electron chi connectivity index (χ3n) is 3.41. The number of hydrogen-bond donors (Lipinski definition) is 1. The third-order valence-corrected chi connectivity index (χ3v) is 5.34. The Bertz CT molecular complexity index is 567. The maximum atomic E-state index is 13.6. The molecule has 1 atom stereocenters. The fourth-order valence-corrected chi connectivity index (χ4v) is 3.93. The molecule has 4 heteroatoms. The van der Waals surface area contributed by atoms with Crippen LogP contribution in [0.2, 0.25) is 0 Å². The smallest absolute Gasteiger partial charge is 0.126 e. The van der Waals surface area contributed by atoms with E-state index >= 15 is 0 Å². The number of rotatable bonds is 3. The van der Waals surface area contributed by atoms with E-state index in [2.05, 4.69) is 32.7 Å². The quantitative estimate of drug-likeness (QED) is 0.880. The number of thiophene rings is 1. The minimum Gasteiger partial charge on any atom is -0.305 e. The first kappa shape index (κ1) is 12.3. The number of benzene rings is 1. The van der Waals surface area contributed by atoms with Gasteiger partial charge in [-0.15, -0.1) is 11.3 Å². The van der Waals surface area contributed by atoms with Gasteiger partial charge in [0.25, 0.3) is 0 Å². The van der Waals surface area contributed by atoms with Crippen LogP contribution in [0.15, 0.2) is 34.1 Å². The first-order chi connectivity index (χ1) is 8.75. The predicted molar refractivity (Wildman–Crippen MR) is 76.3 cm³/mol. The van der Waals surface area contributed by atoms with Crippen LogP contribution < -0.4 is 5.32 Å². The average Bonchev–Trinajstić information content (AvgIpc) is 2.94.